The molecule has 0 amide bonds. The molecule has 1 aromatic carbocycles. The summed E-state index contributed by atoms with van der Waals surface area (Å²) in [4.78, 5) is 0. The summed E-state index contributed by atoms with van der Waals surface area (Å²) in [6, 6.07) is -1.81. The molecule has 1 unspecified atom stereocenters. The van der Waals surface area contributed by atoms with Crippen LogP contribution in [0.3, 0.4) is 0 Å². The average molecular weight is 319 g/mol. The van der Waals surface area contributed by atoms with Crippen molar-refractivity contribution in [3.63, 3.8) is 0 Å². The Bertz CT molecular complexity index is 478. The van der Waals surface area contributed by atoms with E-state index in [1.807, 2.05) is 0 Å². The van der Waals surface area contributed by atoms with E-state index in [-0.39, 0.29) is 12.3 Å². The van der Waals surface area contributed by atoms with E-state index >= 15 is 0 Å². The normalized spacial score (nSPS) is 14.1. The van der Waals surface area contributed by atoms with Crippen LogP contribution in [0.15, 0.2) is 12.1 Å². The van der Waals surface area contributed by atoms with Crippen LogP contribution in [0.2, 0.25) is 0 Å². The van der Waals surface area contributed by atoms with Gasteiger partial charge in [-0.3, -0.25) is 0 Å². The Morgan fingerprint density at radius 2 is 1.57 bits per heavy atom. The molecule has 120 valence electrons. The summed E-state index contributed by atoms with van der Waals surface area (Å²) in [5, 5.41) is 1.77. The lowest BCUT2D eigenvalue weighted by Crippen LogP contribution is -2.48. The van der Waals surface area contributed by atoms with Gasteiger partial charge in [0.25, 0.3) is 0 Å². The highest BCUT2D eigenvalue weighted by molar-refractivity contribution is 5.34. The van der Waals surface area contributed by atoms with Gasteiger partial charge in [-0.1, -0.05) is 6.92 Å². The first-order valence-electron chi connectivity index (χ1n) is 5.77. The van der Waals surface area contributed by atoms with Crippen LogP contribution in [0.4, 0.5) is 30.7 Å². The predicted octanol–water partition coefficient (Wildman–Crippen LogP) is 3.82. The molecule has 1 N–H and O–H groups in total. The molecular weight excluding hydrogens is 307 g/mol. The lowest BCUT2D eigenvalue weighted by molar-refractivity contribution is -0.294. The number of benzene rings is 1. The van der Waals surface area contributed by atoms with Crippen LogP contribution in [0.5, 0.6) is 5.75 Å². The van der Waals surface area contributed by atoms with Crippen molar-refractivity contribution < 1.29 is 35.5 Å². The van der Waals surface area contributed by atoms with Gasteiger partial charge in [-0.25, -0.2) is 8.78 Å². The van der Waals surface area contributed by atoms with Crippen molar-refractivity contribution in [2.24, 2.45) is 0 Å². The zero-order chi connectivity index (χ0) is 16.4. The van der Waals surface area contributed by atoms with Gasteiger partial charge in [-0.05, 0) is 6.54 Å². The first-order valence-corrected chi connectivity index (χ1v) is 5.77. The SMILES string of the molecule is CCNC(c1c(F)cc(OC)cc1F)C(F)(F)C(F)(F)F. The summed E-state index contributed by atoms with van der Waals surface area (Å²) in [7, 11) is 1.07. The van der Waals surface area contributed by atoms with E-state index in [0.717, 1.165) is 7.11 Å². The van der Waals surface area contributed by atoms with Crippen LogP contribution < -0.4 is 10.1 Å². The number of nitrogens with one attached hydrogen (secondary N) is 1. The van der Waals surface area contributed by atoms with Crippen LogP contribution in [-0.2, 0) is 0 Å². The second kappa shape index (κ2) is 6.08. The Hall–Kier alpha value is -1.51. The van der Waals surface area contributed by atoms with Crippen molar-refractivity contribution >= 4 is 0 Å². The van der Waals surface area contributed by atoms with Gasteiger partial charge in [-0.2, -0.15) is 22.0 Å². The van der Waals surface area contributed by atoms with Crippen LogP contribution in [0.25, 0.3) is 0 Å². The number of hydrogen-bond donors (Lipinski definition) is 1. The number of ether oxygens (including phenoxy) is 1. The molecule has 0 radical (unpaired) electrons. The number of hydrogen-bond acceptors (Lipinski definition) is 2. The molecule has 0 spiro atoms. The molecule has 0 aromatic heterocycles. The Morgan fingerprint density at radius 1 is 1.10 bits per heavy atom. The monoisotopic (exact) mass is 319 g/mol. The Kier molecular flexibility index (Phi) is 5.08. The van der Waals surface area contributed by atoms with Crippen LogP contribution >= 0.6 is 0 Å². The molecule has 0 heterocycles. The second-order valence-electron chi connectivity index (χ2n) is 4.12. The smallest absolute Gasteiger partial charge is 0.455 e. The molecule has 0 saturated heterocycles. The summed E-state index contributed by atoms with van der Waals surface area (Å²) >= 11 is 0. The number of halogens is 7. The quantitative estimate of drug-likeness (QED) is 0.833. The van der Waals surface area contributed by atoms with Gasteiger partial charge in [0, 0.05) is 17.7 Å². The Morgan fingerprint density at radius 3 is 1.90 bits per heavy atom. The van der Waals surface area contributed by atoms with Gasteiger partial charge >= 0.3 is 12.1 Å². The van der Waals surface area contributed by atoms with Crippen molar-refractivity contribution in [2.45, 2.75) is 25.1 Å². The van der Waals surface area contributed by atoms with Gasteiger partial charge in [0.2, 0.25) is 0 Å². The van der Waals surface area contributed by atoms with E-state index in [1.165, 1.54) is 6.92 Å². The van der Waals surface area contributed by atoms with Gasteiger partial charge in [0.1, 0.15) is 23.4 Å². The topological polar surface area (TPSA) is 21.3 Å². The number of methoxy groups -OCH3 is 1. The van der Waals surface area contributed by atoms with E-state index < -0.39 is 35.3 Å². The highest BCUT2D eigenvalue weighted by Gasteiger charge is 2.63. The fourth-order valence-corrected chi connectivity index (χ4v) is 1.73. The molecule has 1 rings (SSSR count). The largest absolute Gasteiger partial charge is 0.497 e. The van der Waals surface area contributed by atoms with Crippen LogP contribution in [0, 0.1) is 11.6 Å². The molecule has 0 aliphatic rings. The summed E-state index contributed by atoms with van der Waals surface area (Å²) < 4.78 is 96.2. The third kappa shape index (κ3) is 3.39. The second-order valence-corrected chi connectivity index (χ2v) is 4.12. The summed E-state index contributed by atoms with van der Waals surface area (Å²) in [5.41, 5.74) is -1.39. The molecule has 1 atom stereocenters. The zero-order valence-corrected chi connectivity index (χ0v) is 11.0. The van der Waals surface area contributed by atoms with Crippen molar-refractivity contribution in [3.05, 3.63) is 29.3 Å². The minimum atomic E-state index is -5.96. The maximum Gasteiger partial charge on any atom is 0.455 e. The maximum absolute atomic E-state index is 13.7. The summed E-state index contributed by atoms with van der Waals surface area (Å²) in [5.74, 6) is -8.79. The zero-order valence-electron chi connectivity index (χ0n) is 11.0. The minimum Gasteiger partial charge on any atom is -0.497 e. The van der Waals surface area contributed by atoms with Crippen molar-refractivity contribution in [3.8, 4) is 5.75 Å². The van der Waals surface area contributed by atoms with Gasteiger partial charge in [0.15, 0.2) is 0 Å². The van der Waals surface area contributed by atoms with E-state index in [1.54, 1.807) is 5.32 Å². The Labute approximate surface area is 115 Å². The van der Waals surface area contributed by atoms with Crippen molar-refractivity contribution in [1.29, 1.82) is 0 Å². The molecule has 0 aliphatic carbocycles. The summed E-state index contributed by atoms with van der Waals surface area (Å²) in [6.07, 6.45) is -5.96. The minimum absolute atomic E-state index is 0.334. The lowest BCUT2D eigenvalue weighted by atomic mass is 9.98. The molecule has 0 bridgehead atoms. The molecule has 9 heteroatoms. The van der Waals surface area contributed by atoms with Gasteiger partial charge < -0.3 is 10.1 Å². The fraction of sp³-hybridized carbons (Fsp3) is 0.500. The standard InChI is InChI=1S/C12H12F7NO/c1-3-20-10(11(15,16)12(17,18)19)9-7(13)4-6(21-2)5-8(9)14/h4-5,10,20H,3H2,1-2H3. The molecule has 21 heavy (non-hydrogen) atoms. The number of alkyl halides is 5. The molecule has 0 aliphatic heterocycles. The van der Waals surface area contributed by atoms with E-state index in [4.69, 9.17) is 0 Å². The highest BCUT2D eigenvalue weighted by atomic mass is 19.4. The molecule has 0 saturated carbocycles. The molecular formula is C12H12F7NO. The third-order valence-electron chi connectivity index (χ3n) is 2.73. The van der Waals surface area contributed by atoms with Crippen LogP contribution in [0.1, 0.15) is 18.5 Å². The predicted molar refractivity (Wildman–Crippen MR) is 60.3 cm³/mol. The molecule has 0 fully saturated rings. The average Bonchev–Trinajstić information content (AvgIpc) is 2.35. The maximum atomic E-state index is 13.7. The molecule has 1 aromatic rings. The fourth-order valence-electron chi connectivity index (χ4n) is 1.73. The van der Waals surface area contributed by atoms with Crippen molar-refractivity contribution in [2.75, 3.05) is 13.7 Å². The van der Waals surface area contributed by atoms with Crippen molar-refractivity contribution in [1.82, 2.24) is 5.32 Å². The highest BCUT2D eigenvalue weighted by Crippen LogP contribution is 2.45. The lowest BCUT2D eigenvalue weighted by Gasteiger charge is -2.30. The van der Waals surface area contributed by atoms with Gasteiger partial charge in [-0.15, -0.1) is 0 Å². The van der Waals surface area contributed by atoms with Gasteiger partial charge in [0.05, 0.1) is 7.11 Å². The number of rotatable bonds is 5. The Balaban J connectivity index is 3.43. The first-order chi connectivity index (χ1) is 9.56. The van der Waals surface area contributed by atoms with E-state index in [0.29, 0.717) is 12.1 Å². The molecule has 2 nitrogen and oxygen atoms in total. The third-order valence-corrected chi connectivity index (χ3v) is 2.73. The first kappa shape index (κ1) is 17.5. The summed E-state index contributed by atoms with van der Waals surface area (Å²) in [6.45, 7) is 0.889. The van der Waals surface area contributed by atoms with E-state index in [9.17, 15) is 30.7 Å². The van der Waals surface area contributed by atoms with Crippen LogP contribution in [-0.4, -0.2) is 25.8 Å². The van der Waals surface area contributed by atoms with E-state index in [2.05, 4.69) is 4.74 Å².